The van der Waals surface area contributed by atoms with E-state index in [-0.39, 0.29) is 12.4 Å². The van der Waals surface area contributed by atoms with Crippen molar-refractivity contribution in [1.82, 2.24) is 5.01 Å². The number of nitrogens with zero attached hydrogens (tertiary/aromatic N) is 3. The number of carboxylic acid groups (broad SMARTS) is 1. The van der Waals surface area contributed by atoms with Crippen molar-refractivity contribution < 1.29 is 14.7 Å². The molecule has 2 aromatic rings. The summed E-state index contributed by atoms with van der Waals surface area (Å²) in [7, 11) is 0. The highest BCUT2D eigenvalue weighted by Crippen LogP contribution is 2.41. The number of carbonyl (C=O) groups excluding carboxylic acids is 1. The molecule has 0 saturated carbocycles. The van der Waals surface area contributed by atoms with Crippen molar-refractivity contribution >= 4 is 40.0 Å². The van der Waals surface area contributed by atoms with Crippen LogP contribution in [0, 0.1) is 0 Å². The molecule has 7 heteroatoms. The van der Waals surface area contributed by atoms with E-state index in [1.165, 1.54) is 0 Å². The summed E-state index contributed by atoms with van der Waals surface area (Å²) < 4.78 is 0. The number of hydrazine groups is 1. The molecule has 0 radical (unpaired) electrons. The number of benzene rings is 2. The molecule has 7 nitrogen and oxygen atoms in total. The summed E-state index contributed by atoms with van der Waals surface area (Å²) in [4.78, 5) is 29.4. The predicted molar refractivity (Wildman–Crippen MR) is 80.6 cm³/mol. The lowest BCUT2D eigenvalue weighted by atomic mass is 10.0. The third-order valence-electron chi connectivity index (χ3n) is 3.97. The zero-order valence-electron chi connectivity index (χ0n) is 11.4. The molecule has 2 aliphatic rings. The first-order valence-corrected chi connectivity index (χ1v) is 6.78. The third-order valence-corrected chi connectivity index (χ3v) is 3.97. The zero-order valence-corrected chi connectivity index (χ0v) is 11.4. The average Bonchev–Trinajstić information content (AvgIpc) is 2.73. The summed E-state index contributed by atoms with van der Waals surface area (Å²) in [5.74, 6) is 4.55. The Bertz CT molecular complexity index is 856. The fourth-order valence-corrected chi connectivity index (χ4v) is 3.06. The molecule has 0 aromatic heterocycles. The summed E-state index contributed by atoms with van der Waals surface area (Å²) in [5, 5.41) is 11.9. The van der Waals surface area contributed by atoms with E-state index in [1.807, 2.05) is 36.4 Å². The summed E-state index contributed by atoms with van der Waals surface area (Å²) in [6.45, 7) is 0. The minimum absolute atomic E-state index is 0.266. The Morgan fingerprint density at radius 2 is 2.00 bits per heavy atom. The zero-order chi connectivity index (χ0) is 15.4. The number of nitrogens with two attached hydrogens (primary N) is 1. The van der Waals surface area contributed by atoms with Gasteiger partial charge in [0, 0.05) is 5.39 Å². The molecule has 0 bridgehead atoms. The van der Waals surface area contributed by atoms with Gasteiger partial charge in [-0.25, -0.2) is 15.8 Å². The number of carbonyl (C=O) groups is 2. The summed E-state index contributed by atoms with van der Waals surface area (Å²) in [6.07, 6.45) is -0.329. The van der Waals surface area contributed by atoms with Crippen LogP contribution in [0.4, 0.5) is 11.4 Å². The van der Waals surface area contributed by atoms with Crippen LogP contribution in [-0.2, 0) is 9.59 Å². The minimum Gasteiger partial charge on any atom is -0.481 e. The number of hydrogen-bond donors (Lipinski definition) is 2. The van der Waals surface area contributed by atoms with Gasteiger partial charge in [-0.3, -0.25) is 14.5 Å². The second kappa shape index (κ2) is 4.28. The largest absolute Gasteiger partial charge is 0.481 e. The van der Waals surface area contributed by atoms with E-state index in [2.05, 4.69) is 4.99 Å². The molecule has 1 atom stereocenters. The van der Waals surface area contributed by atoms with Crippen LogP contribution in [0.3, 0.4) is 0 Å². The van der Waals surface area contributed by atoms with Crippen molar-refractivity contribution in [1.29, 1.82) is 0 Å². The first kappa shape index (κ1) is 12.8. The highest BCUT2D eigenvalue weighted by molar-refractivity contribution is 6.23. The van der Waals surface area contributed by atoms with Gasteiger partial charge in [0.05, 0.1) is 17.8 Å². The van der Waals surface area contributed by atoms with Crippen LogP contribution in [0.2, 0.25) is 0 Å². The van der Waals surface area contributed by atoms with Crippen LogP contribution in [0.1, 0.15) is 6.42 Å². The lowest BCUT2D eigenvalue weighted by molar-refractivity contribution is -0.140. The maximum atomic E-state index is 12.3. The highest BCUT2D eigenvalue weighted by Gasteiger charge is 2.46. The molecule has 2 aromatic carbocycles. The molecule has 3 N–H and O–H groups in total. The van der Waals surface area contributed by atoms with Crippen molar-refractivity contribution in [2.24, 2.45) is 10.8 Å². The predicted octanol–water partition coefficient (Wildman–Crippen LogP) is 1.21. The summed E-state index contributed by atoms with van der Waals surface area (Å²) >= 11 is 0. The average molecular weight is 296 g/mol. The van der Waals surface area contributed by atoms with Gasteiger partial charge in [0.2, 0.25) is 5.96 Å². The maximum absolute atomic E-state index is 12.3. The molecule has 2 aliphatic heterocycles. The standard InChI is InChI=1S/C15H12N4O3/c16-19-14(22)11(7-12(20)21)18-10-6-2-4-8-3-1-5-9(13(8)10)17-15(18)19/h1-6,11H,7,16H2,(H,20,21). The molecule has 0 spiro atoms. The van der Waals surface area contributed by atoms with Gasteiger partial charge in [-0.05, 0) is 17.5 Å². The van der Waals surface area contributed by atoms with E-state index < -0.39 is 17.9 Å². The van der Waals surface area contributed by atoms with Gasteiger partial charge in [-0.1, -0.05) is 24.3 Å². The van der Waals surface area contributed by atoms with Gasteiger partial charge >= 0.3 is 5.97 Å². The van der Waals surface area contributed by atoms with Crippen molar-refractivity contribution in [2.75, 3.05) is 4.90 Å². The molecular formula is C15H12N4O3. The number of fused-ring (bicyclic) bond motifs is 2. The number of carboxylic acids is 1. The highest BCUT2D eigenvalue weighted by atomic mass is 16.4. The van der Waals surface area contributed by atoms with Crippen LogP contribution >= 0.6 is 0 Å². The molecule has 1 saturated heterocycles. The Hall–Kier alpha value is -2.93. The molecule has 1 unspecified atom stereocenters. The summed E-state index contributed by atoms with van der Waals surface area (Å²) in [5.41, 5.74) is 1.48. The number of aliphatic carboxylic acids is 1. The van der Waals surface area contributed by atoms with E-state index in [0.29, 0.717) is 0 Å². The first-order chi connectivity index (χ1) is 10.6. The quantitative estimate of drug-likeness (QED) is 0.641. The molecule has 2 heterocycles. The third kappa shape index (κ3) is 1.57. The normalized spacial score (nSPS) is 19.4. The summed E-state index contributed by atoms with van der Waals surface area (Å²) in [6, 6.07) is 10.5. The molecular weight excluding hydrogens is 284 g/mol. The number of rotatable bonds is 2. The smallest absolute Gasteiger partial charge is 0.306 e. The molecule has 110 valence electrons. The maximum Gasteiger partial charge on any atom is 0.306 e. The topological polar surface area (TPSA) is 99.2 Å². The number of hydrogen-bond acceptors (Lipinski definition) is 5. The van der Waals surface area contributed by atoms with Crippen molar-refractivity contribution in [3.63, 3.8) is 0 Å². The number of guanidine groups is 1. The van der Waals surface area contributed by atoms with Crippen molar-refractivity contribution in [3.05, 3.63) is 36.4 Å². The van der Waals surface area contributed by atoms with Gasteiger partial charge in [-0.2, -0.15) is 0 Å². The lowest BCUT2D eigenvalue weighted by Gasteiger charge is -2.28. The van der Waals surface area contributed by atoms with Crippen LogP contribution in [0.5, 0.6) is 0 Å². The Balaban J connectivity index is 1.98. The lowest BCUT2D eigenvalue weighted by Crippen LogP contribution is -2.40. The van der Waals surface area contributed by atoms with Gasteiger partial charge in [0.25, 0.3) is 5.91 Å². The van der Waals surface area contributed by atoms with Crippen LogP contribution < -0.4 is 10.7 Å². The Labute approximate surface area is 125 Å². The molecule has 4 rings (SSSR count). The van der Waals surface area contributed by atoms with Crippen LogP contribution in [0.25, 0.3) is 10.8 Å². The van der Waals surface area contributed by atoms with Gasteiger partial charge in [0.15, 0.2) is 0 Å². The van der Waals surface area contributed by atoms with E-state index >= 15 is 0 Å². The van der Waals surface area contributed by atoms with Gasteiger partial charge in [-0.15, -0.1) is 0 Å². The van der Waals surface area contributed by atoms with E-state index in [1.54, 1.807) is 4.90 Å². The van der Waals surface area contributed by atoms with E-state index in [0.717, 1.165) is 27.2 Å². The molecule has 1 amide bonds. The van der Waals surface area contributed by atoms with Gasteiger partial charge in [0.1, 0.15) is 6.04 Å². The second-order valence-corrected chi connectivity index (χ2v) is 5.26. The van der Waals surface area contributed by atoms with Gasteiger partial charge < -0.3 is 5.11 Å². The van der Waals surface area contributed by atoms with E-state index in [9.17, 15) is 9.59 Å². The van der Waals surface area contributed by atoms with Crippen molar-refractivity contribution in [2.45, 2.75) is 12.5 Å². The molecule has 22 heavy (non-hydrogen) atoms. The Kier molecular flexibility index (Phi) is 2.49. The fraction of sp³-hybridized carbons (Fsp3) is 0.133. The van der Waals surface area contributed by atoms with Crippen LogP contribution in [-0.4, -0.2) is 34.0 Å². The van der Waals surface area contributed by atoms with E-state index in [4.69, 9.17) is 10.9 Å². The number of anilines is 1. The monoisotopic (exact) mass is 296 g/mol. The Morgan fingerprint density at radius 3 is 2.73 bits per heavy atom. The van der Waals surface area contributed by atoms with Crippen LogP contribution in [0.15, 0.2) is 41.4 Å². The SMILES string of the molecule is NN1C(=O)C(CC(=O)O)N2C1=Nc1cccc3cccc2c13. The molecule has 1 fully saturated rings. The fourth-order valence-electron chi connectivity index (χ4n) is 3.06. The Morgan fingerprint density at radius 1 is 1.27 bits per heavy atom. The number of aliphatic imine (C=N–C) groups is 1. The second-order valence-electron chi connectivity index (χ2n) is 5.26. The first-order valence-electron chi connectivity index (χ1n) is 6.78. The number of amides is 1. The van der Waals surface area contributed by atoms with Crippen molar-refractivity contribution in [3.8, 4) is 0 Å². The minimum atomic E-state index is -1.06. The molecule has 0 aliphatic carbocycles.